The molecule has 9 heteroatoms. The van der Waals surface area contributed by atoms with Crippen LogP contribution in [0.2, 0.25) is 0 Å². The molecule has 0 saturated carbocycles. The van der Waals surface area contributed by atoms with Crippen LogP contribution in [0.3, 0.4) is 0 Å². The SMILES string of the molecule is C=CCN(C(=O)C(Cc1ccc(O)cc1)NC(=O)OC(C)(C)C)C(C(=O)Nc1c(C)cccc1C)c1ccc(O)cc1. The zero-order chi connectivity index (χ0) is 31.0. The van der Waals surface area contributed by atoms with E-state index in [1.165, 1.54) is 35.2 Å². The van der Waals surface area contributed by atoms with Crippen LogP contribution in [0.5, 0.6) is 11.5 Å². The number of carbonyl (C=O) groups is 3. The van der Waals surface area contributed by atoms with Gasteiger partial charge in [-0.2, -0.15) is 0 Å². The molecule has 0 spiro atoms. The minimum Gasteiger partial charge on any atom is -0.508 e. The summed E-state index contributed by atoms with van der Waals surface area (Å²) >= 11 is 0. The molecule has 2 unspecified atom stereocenters. The summed E-state index contributed by atoms with van der Waals surface area (Å²) in [6.07, 6.45) is 0.773. The first-order chi connectivity index (χ1) is 19.8. The topological polar surface area (TPSA) is 128 Å². The number of nitrogens with zero attached hydrogens (tertiary/aromatic N) is 1. The maximum absolute atomic E-state index is 14.3. The minimum absolute atomic E-state index is 0.00560. The van der Waals surface area contributed by atoms with Crippen molar-refractivity contribution in [1.29, 1.82) is 0 Å². The highest BCUT2D eigenvalue weighted by Gasteiger charge is 2.36. The van der Waals surface area contributed by atoms with Gasteiger partial charge in [0.25, 0.3) is 5.91 Å². The van der Waals surface area contributed by atoms with E-state index in [1.54, 1.807) is 45.0 Å². The maximum Gasteiger partial charge on any atom is 0.408 e. The van der Waals surface area contributed by atoms with Crippen molar-refractivity contribution in [3.05, 3.63) is 102 Å². The summed E-state index contributed by atoms with van der Waals surface area (Å²) in [5.41, 5.74) is 2.65. The van der Waals surface area contributed by atoms with Crippen LogP contribution >= 0.6 is 0 Å². The quantitative estimate of drug-likeness (QED) is 0.236. The molecule has 0 bridgehead atoms. The van der Waals surface area contributed by atoms with E-state index >= 15 is 0 Å². The number of amides is 3. The molecule has 42 heavy (non-hydrogen) atoms. The van der Waals surface area contributed by atoms with Crippen molar-refractivity contribution in [2.75, 3.05) is 11.9 Å². The summed E-state index contributed by atoms with van der Waals surface area (Å²) in [6.45, 7) is 12.7. The van der Waals surface area contributed by atoms with Crippen LogP contribution in [0.15, 0.2) is 79.4 Å². The predicted octanol–water partition coefficient (Wildman–Crippen LogP) is 5.55. The van der Waals surface area contributed by atoms with Crippen LogP contribution in [-0.4, -0.2) is 51.2 Å². The Bertz CT molecular complexity index is 1390. The molecular weight excluding hydrogens is 534 g/mol. The van der Waals surface area contributed by atoms with Gasteiger partial charge in [0.2, 0.25) is 5.91 Å². The Kier molecular flexibility index (Phi) is 10.4. The number of hydrogen-bond donors (Lipinski definition) is 4. The fourth-order valence-corrected chi connectivity index (χ4v) is 4.51. The van der Waals surface area contributed by atoms with E-state index in [4.69, 9.17) is 4.74 Å². The Labute approximate surface area is 246 Å². The number of phenolic OH excluding ortho intramolecular Hbond substituents is 2. The summed E-state index contributed by atoms with van der Waals surface area (Å²) in [7, 11) is 0. The number of para-hydroxylation sites is 1. The van der Waals surface area contributed by atoms with Gasteiger partial charge in [-0.25, -0.2) is 4.79 Å². The average Bonchev–Trinajstić information content (AvgIpc) is 2.91. The molecular formula is C33H39N3O6. The molecule has 4 N–H and O–H groups in total. The second-order valence-electron chi connectivity index (χ2n) is 11.1. The summed E-state index contributed by atoms with van der Waals surface area (Å²) in [5, 5.41) is 25.3. The number of nitrogens with one attached hydrogen (secondary N) is 2. The standard InChI is InChI=1S/C33H39N3O6/c1-7-19-36(31(40)27(34-32(41)42-33(4,5)6)20-23-11-15-25(37)16-12-23)29(24-13-17-26(38)18-14-24)30(39)35-28-21(2)9-8-10-22(28)3/h7-18,27,29,37-38H,1,19-20H2,2-6H3,(H,34,41)(H,35,39). The van der Waals surface area contributed by atoms with Crippen LogP contribution < -0.4 is 10.6 Å². The fourth-order valence-electron chi connectivity index (χ4n) is 4.51. The van der Waals surface area contributed by atoms with Crippen molar-refractivity contribution < 1.29 is 29.3 Å². The van der Waals surface area contributed by atoms with Crippen molar-refractivity contribution in [2.24, 2.45) is 0 Å². The second kappa shape index (κ2) is 13.7. The Morgan fingerprint density at radius 3 is 2.00 bits per heavy atom. The summed E-state index contributed by atoms with van der Waals surface area (Å²) in [6, 6.07) is 15.7. The van der Waals surface area contributed by atoms with E-state index in [0.29, 0.717) is 16.8 Å². The molecule has 0 radical (unpaired) electrons. The van der Waals surface area contributed by atoms with Crippen LogP contribution in [0.4, 0.5) is 10.5 Å². The van der Waals surface area contributed by atoms with E-state index < -0.39 is 35.6 Å². The Morgan fingerprint density at radius 1 is 0.929 bits per heavy atom. The van der Waals surface area contributed by atoms with Crippen molar-refractivity contribution >= 4 is 23.6 Å². The second-order valence-corrected chi connectivity index (χ2v) is 11.1. The molecule has 9 nitrogen and oxygen atoms in total. The van der Waals surface area contributed by atoms with E-state index in [2.05, 4.69) is 17.2 Å². The molecule has 3 amide bonds. The molecule has 0 aliphatic carbocycles. The average molecular weight is 574 g/mol. The van der Waals surface area contributed by atoms with Gasteiger partial charge in [-0.1, -0.05) is 48.5 Å². The summed E-state index contributed by atoms with van der Waals surface area (Å²) in [5.74, 6) is -0.964. The zero-order valence-corrected chi connectivity index (χ0v) is 24.7. The Hall–Kier alpha value is -4.79. The largest absolute Gasteiger partial charge is 0.508 e. The molecule has 0 aromatic heterocycles. The number of aryl methyl sites for hydroxylation is 2. The van der Waals surface area contributed by atoms with Crippen LogP contribution in [0.25, 0.3) is 0 Å². The number of benzene rings is 3. The molecule has 0 saturated heterocycles. The van der Waals surface area contributed by atoms with E-state index in [1.807, 2.05) is 32.0 Å². The number of phenols is 2. The normalized spacial score (nSPS) is 12.5. The highest BCUT2D eigenvalue weighted by atomic mass is 16.6. The first kappa shape index (κ1) is 31.7. The lowest BCUT2D eigenvalue weighted by Gasteiger charge is -2.34. The number of alkyl carbamates (subject to hydrolysis) is 1. The molecule has 222 valence electrons. The number of ether oxygens (including phenoxy) is 1. The number of anilines is 1. The maximum atomic E-state index is 14.3. The van der Waals surface area contributed by atoms with Crippen LogP contribution in [0.1, 0.15) is 49.1 Å². The molecule has 0 fully saturated rings. The monoisotopic (exact) mass is 573 g/mol. The lowest BCUT2D eigenvalue weighted by molar-refractivity contribution is -0.140. The van der Waals surface area contributed by atoms with E-state index in [0.717, 1.165) is 11.1 Å². The summed E-state index contributed by atoms with van der Waals surface area (Å²) < 4.78 is 5.44. The van der Waals surface area contributed by atoms with Gasteiger partial charge in [-0.05, 0) is 81.1 Å². The van der Waals surface area contributed by atoms with Gasteiger partial charge in [0.05, 0.1) is 0 Å². The minimum atomic E-state index is -1.14. The van der Waals surface area contributed by atoms with Crippen LogP contribution in [0, 0.1) is 13.8 Å². The van der Waals surface area contributed by atoms with Crippen LogP contribution in [-0.2, 0) is 20.7 Å². The molecule has 3 rings (SSSR count). The van der Waals surface area contributed by atoms with Gasteiger partial charge >= 0.3 is 6.09 Å². The van der Waals surface area contributed by atoms with Crippen molar-refractivity contribution in [1.82, 2.24) is 10.2 Å². The highest BCUT2D eigenvalue weighted by Crippen LogP contribution is 2.28. The van der Waals surface area contributed by atoms with Crippen molar-refractivity contribution in [3.63, 3.8) is 0 Å². The van der Waals surface area contributed by atoms with Crippen molar-refractivity contribution in [2.45, 2.75) is 58.7 Å². The van der Waals surface area contributed by atoms with E-state index in [-0.39, 0.29) is 24.5 Å². The number of hydrogen-bond acceptors (Lipinski definition) is 6. The molecule has 0 aliphatic heterocycles. The molecule has 0 aliphatic rings. The highest BCUT2D eigenvalue weighted by molar-refractivity contribution is 6.00. The van der Waals surface area contributed by atoms with Crippen molar-refractivity contribution in [3.8, 4) is 11.5 Å². The van der Waals surface area contributed by atoms with Gasteiger partial charge in [0, 0.05) is 18.7 Å². The third-order valence-electron chi connectivity index (χ3n) is 6.47. The first-order valence-electron chi connectivity index (χ1n) is 13.6. The fraction of sp³-hybridized carbons (Fsp3) is 0.303. The molecule has 3 aromatic rings. The number of aromatic hydroxyl groups is 2. The Morgan fingerprint density at radius 2 is 1.48 bits per heavy atom. The third kappa shape index (κ3) is 8.60. The third-order valence-corrected chi connectivity index (χ3v) is 6.47. The smallest absolute Gasteiger partial charge is 0.408 e. The predicted molar refractivity (Wildman–Crippen MR) is 162 cm³/mol. The van der Waals surface area contributed by atoms with Gasteiger partial charge in [0.1, 0.15) is 29.2 Å². The molecule has 0 heterocycles. The van der Waals surface area contributed by atoms with Gasteiger partial charge in [0.15, 0.2) is 0 Å². The van der Waals surface area contributed by atoms with E-state index in [9.17, 15) is 24.6 Å². The summed E-state index contributed by atoms with van der Waals surface area (Å²) in [4.78, 5) is 42.5. The molecule has 3 aromatic carbocycles. The lowest BCUT2D eigenvalue weighted by atomic mass is 9.99. The number of rotatable bonds is 10. The lowest BCUT2D eigenvalue weighted by Crippen LogP contribution is -2.53. The molecule has 2 atom stereocenters. The Balaban J connectivity index is 2.06. The number of carbonyl (C=O) groups excluding carboxylic acids is 3. The van der Waals surface area contributed by atoms with Gasteiger partial charge in [-0.15, -0.1) is 6.58 Å². The van der Waals surface area contributed by atoms with Gasteiger partial charge in [-0.3, -0.25) is 9.59 Å². The first-order valence-corrected chi connectivity index (χ1v) is 13.6. The zero-order valence-electron chi connectivity index (χ0n) is 24.7. The van der Waals surface area contributed by atoms with Gasteiger partial charge < -0.3 is 30.5 Å².